The van der Waals surface area contributed by atoms with E-state index in [1.807, 2.05) is 24.5 Å². The molecule has 0 aliphatic carbocycles. The molecule has 6 heteroatoms. The molecule has 0 bridgehead atoms. The highest BCUT2D eigenvalue weighted by Crippen LogP contribution is 2.07. The number of alkyl carbamates (subject to hydrolysis) is 1. The van der Waals surface area contributed by atoms with Crippen LogP contribution in [-0.2, 0) is 16.0 Å². The van der Waals surface area contributed by atoms with Gasteiger partial charge in [0.2, 0.25) is 5.91 Å². The van der Waals surface area contributed by atoms with E-state index in [1.54, 1.807) is 32.5 Å². The quantitative estimate of drug-likeness (QED) is 0.656. The van der Waals surface area contributed by atoms with E-state index in [0.717, 1.165) is 25.1 Å². The van der Waals surface area contributed by atoms with Gasteiger partial charge in [-0.2, -0.15) is 11.8 Å². The third-order valence-corrected chi connectivity index (χ3v) is 4.07. The maximum absolute atomic E-state index is 12.3. The number of aryl methyl sites for hydroxylation is 1. The molecule has 0 aliphatic heterocycles. The lowest BCUT2D eigenvalue weighted by Crippen LogP contribution is -2.48. The molecule has 0 unspecified atom stereocenters. The predicted octanol–water partition coefficient (Wildman–Crippen LogP) is 3.38. The van der Waals surface area contributed by atoms with Crippen LogP contribution in [0.3, 0.4) is 0 Å². The van der Waals surface area contributed by atoms with Crippen molar-refractivity contribution < 1.29 is 14.3 Å². The molecule has 0 heterocycles. The van der Waals surface area contributed by atoms with Crippen molar-refractivity contribution in [3.05, 3.63) is 35.9 Å². The Hall–Kier alpha value is -1.53. The second kappa shape index (κ2) is 11.2. The van der Waals surface area contributed by atoms with Gasteiger partial charge in [0.1, 0.15) is 5.60 Å². The minimum Gasteiger partial charge on any atom is -0.444 e. The fraction of sp³-hybridized carbons (Fsp3) is 0.579. The summed E-state index contributed by atoms with van der Waals surface area (Å²) in [5.41, 5.74) is 0.658. The van der Waals surface area contributed by atoms with Crippen molar-refractivity contribution in [2.75, 3.05) is 18.6 Å². The van der Waals surface area contributed by atoms with Gasteiger partial charge in [-0.3, -0.25) is 10.1 Å². The number of carbonyl (C=O) groups is 2. The van der Waals surface area contributed by atoms with Crippen LogP contribution in [0.4, 0.5) is 4.79 Å². The summed E-state index contributed by atoms with van der Waals surface area (Å²) < 4.78 is 5.14. The lowest BCUT2D eigenvalue weighted by atomic mass is 10.1. The van der Waals surface area contributed by atoms with Crippen molar-refractivity contribution in [3.8, 4) is 0 Å². The standard InChI is InChI=1S/C19H30N2O3S/c1-19(2,3)24-18(23)21-17(22)16(12-14-25-4)20-13-8-11-15-9-6-5-7-10-15/h5-7,9-10,16,20H,8,11-14H2,1-4H3,(H,21,22,23)/t16-/m1/s1. The number of hydrogen-bond acceptors (Lipinski definition) is 5. The summed E-state index contributed by atoms with van der Waals surface area (Å²) >= 11 is 1.68. The van der Waals surface area contributed by atoms with Crippen LogP contribution < -0.4 is 10.6 Å². The number of imide groups is 1. The predicted molar refractivity (Wildman–Crippen MR) is 104 cm³/mol. The average molecular weight is 367 g/mol. The maximum atomic E-state index is 12.3. The summed E-state index contributed by atoms with van der Waals surface area (Å²) in [6.07, 6.45) is 3.85. The summed E-state index contributed by atoms with van der Waals surface area (Å²) in [7, 11) is 0. The third kappa shape index (κ3) is 10.1. The smallest absolute Gasteiger partial charge is 0.414 e. The zero-order valence-corrected chi connectivity index (χ0v) is 16.4. The fourth-order valence-corrected chi connectivity index (χ4v) is 2.74. The molecule has 25 heavy (non-hydrogen) atoms. The molecule has 1 atom stereocenters. The first-order valence-electron chi connectivity index (χ1n) is 8.62. The SMILES string of the molecule is CSCC[C@@H](NCCCc1ccccc1)C(=O)NC(=O)OC(C)(C)C. The number of carbonyl (C=O) groups excluding carboxylic acids is 2. The largest absolute Gasteiger partial charge is 0.444 e. The van der Waals surface area contributed by atoms with Crippen molar-refractivity contribution in [1.29, 1.82) is 0 Å². The van der Waals surface area contributed by atoms with Gasteiger partial charge < -0.3 is 10.1 Å². The van der Waals surface area contributed by atoms with Crippen LogP contribution in [-0.4, -0.2) is 42.2 Å². The Morgan fingerprint density at radius 1 is 1.20 bits per heavy atom. The van der Waals surface area contributed by atoms with Crippen LogP contribution in [0.1, 0.15) is 39.2 Å². The summed E-state index contributed by atoms with van der Waals surface area (Å²) in [6, 6.07) is 9.86. The highest BCUT2D eigenvalue weighted by molar-refractivity contribution is 7.98. The minimum absolute atomic E-state index is 0.331. The van der Waals surface area contributed by atoms with Gasteiger partial charge in [-0.25, -0.2) is 4.79 Å². The Morgan fingerprint density at radius 2 is 1.88 bits per heavy atom. The molecular weight excluding hydrogens is 336 g/mol. The van der Waals surface area contributed by atoms with E-state index >= 15 is 0 Å². The van der Waals surface area contributed by atoms with Crippen molar-refractivity contribution in [2.24, 2.45) is 0 Å². The highest BCUT2D eigenvalue weighted by Gasteiger charge is 2.23. The molecular formula is C19H30N2O3S. The lowest BCUT2D eigenvalue weighted by Gasteiger charge is -2.21. The molecule has 5 nitrogen and oxygen atoms in total. The van der Waals surface area contributed by atoms with Gasteiger partial charge in [-0.1, -0.05) is 30.3 Å². The molecule has 0 aliphatic rings. The number of hydrogen-bond donors (Lipinski definition) is 2. The fourth-order valence-electron chi connectivity index (χ4n) is 2.27. The summed E-state index contributed by atoms with van der Waals surface area (Å²) in [4.78, 5) is 24.1. The van der Waals surface area contributed by atoms with Crippen LogP contribution in [0, 0.1) is 0 Å². The lowest BCUT2D eigenvalue weighted by molar-refractivity contribution is -0.122. The molecule has 0 saturated heterocycles. The Labute approximate surface area is 155 Å². The number of ether oxygens (including phenoxy) is 1. The van der Waals surface area contributed by atoms with Crippen LogP contribution in [0.5, 0.6) is 0 Å². The van der Waals surface area contributed by atoms with Crippen LogP contribution in [0.15, 0.2) is 30.3 Å². The first-order valence-corrected chi connectivity index (χ1v) is 10.0. The van der Waals surface area contributed by atoms with Gasteiger partial charge in [-0.05, 0) is 64.2 Å². The normalized spacial score (nSPS) is 12.5. The summed E-state index contributed by atoms with van der Waals surface area (Å²) in [6.45, 7) is 6.02. The molecule has 140 valence electrons. The first-order chi connectivity index (χ1) is 11.8. The maximum Gasteiger partial charge on any atom is 0.414 e. The van der Waals surface area contributed by atoms with Crippen LogP contribution in [0.25, 0.3) is 0 Å². The van der Waals surface area contributed by atoms with Crippen molar-refractivity contribution >= 4 is 23.8 Å². The number of amides is 2. The van der Waals surface area contributed by atoms with Gasteiger partial charge >= 0.3 is 6.09 Å². The Bertz CT molecular complexity index is 529. The number of nitrogens with one attached hydrogen (secondary N) is 2. The third-order valence-electron chi connectivity index (χ3n) is 3.43. The highest BCUT2D eigenvalue weighted by atomic mass is 32.2. The van der Waals surface area contributed by atoms with Crippen molar-refractivity contribution in [2.45, 2.75) is 51.7 Å². The van der Waals surface area contributed by atoms with Gasteiger partial charge in [0, 0.05) is 0 Å². The van der Waals surface area contributed by atoms with E-state index in [4.69, 9.17) is 4.74 Å². The van der Waals surface area contributed by atoms with Crippen molar-refractivity contribution in [1.82, 2.24) is 10.6 Å². The Morgan fingerprint density at radius 3 is 2.48 bits per heavy atom. The zero-order valence-electron chi connectivity index (χ0n) is 15.6. The molecule has 1 aromatic carbocycles. The molecule has 0 aromatic heterocycles. The monoisotopic (exact) mass is 366 g/mol. The van der Waals surface area contributed by atoms with Gasteiger partial charge in [0.05, 0.1) is 6.04 Å². The van der Waals surface area contributed by atoms with Gasteiger partial charge in [0.15, 0.2) is 0 Å². The molecule has 2 amide bonds. The Balaban J connectivity index is 2.43. The van der Waals surface area contributed by atoms with E-state index in [2.05, 4.69) is 22.8 Å². The molecule has 0 radical (unpaired) electrons. The summed E-state index contributed by atoms with van der Waals surface area (Å²) in [5, 5.41) is 5.59. The van der Waals surface area contributed by atoms with E-state index in [0.29, 0.717) is 6.42 Å². The van der Waals surface area contributed by atoms with E-state index < -0.39 is 17.7 Å². The second-order valence-corrected chi connectivity index (χ2v) is 7.85. The minimum atomic E-state index is -0.697. The average Bonchev–Trinajstić information content (AvgIpc) is 2.53. The van der Waals surface area contributed by atoms with Crippen LogP contribution in [0.2, 0.25) is 0 Å². The summed E-state index contributed by atoms with van der Waals surface area (Å²) in [5.74, 6) is 0.515. The molecule has 0 fully saturated rings. The molecule has 0 spiro atoms. The van der Waals surface area contributed by atoms with Gasteiger partial charge in [0.25, 0.3) is 0 Å². The van der Waals surface area contributed by atoms with E-state index in [1.165, 1.54) is 5.56 Å². The zero-order chi connectivity index (χ0) is 18.7. The topological polar surface area (TPSA) is 67.4 Å². The number of benzene rings is 1. The molecule has 1 aromatic rings. The second-order valence-electron chi connectivity index (χ2n) is 6.87. The van der Waals surface area contributed by atoms with E-state index in [-0.39, 0.29) is 5.91 Å². The molecule has 1 rings (SSSR count). The molecule has 2 N–H and O–H groups in total. The Kier molecular flexibility index (Phi) is 9.60. The van der Waals surface area contributed by atoms with Crippen molar-refractivity contribution in [3.63, 3.8) is 0 Å². The van der Waals surface area contributed by atoms with E-state index in [9.17, 15) is 9.59 Å². The van der Waals surface area contributed by atoms with Crippen LogP contribution >= 0.6 is 11.8 Å². The number of thioether (sulfide) groups is 1. The molecule has 0 saturated carbocycles. The van der Waals surface area contributed by atoms with Gasteiger partial charge in [-0.15, -0.1) is 0 Å². The number of rotatable bonds is 9. The first kappa shape index (κ1) is 21.5.